The van der Waals surface area contributed by atoms with Crippen molar-refractivity contribution in [3.8, 4) is 11.4 Å². The molecule has 0 spiro atoms. The molecule has 2 amide bonds. The Morgan fingerprint density at radius 1 is 1.02 bits per heavy atom. The molecule has 1 unspecified atom stereocenters. The summed E-state index contributed by atoms with van der Waals surface area (Å²) in [5.74, 6) is -0.901. The quantitative estimate of drug-likeness (QED) is 0.183. The molecule has 254 valence electrons. The molecule has 3 heterocycles. The van der Waals surface area contributed by atoms with Crippen LogP contribution < -0.4 is 26.0 Å². The molecule has 1 fully saturated rings. The zero-order valence-corrected chi connectivity index (χ0v) is 27.5. The van der Waals surface area contributed by atoms with Crippen LogP contribution in [0.3, 0.4) is 0 Å². The van der Waals surface area contributed by atoms with Crippen LogP contribution in [0.4, 0.5) is 21.6 Å². The minimum atomic E-state index is -0.677. The van der Waals surface area contributed by atoms with E-state index in [4.69, 9.17) is 24.9 Å². The zero-order chi connectivity index (χ0) is 34.2. The maximum absolute atomic E-state index is 13.7. The summed E-state index contributed by atoms with van der Waals surface area (Å²) in [6, 6.07) is 14.7. The predicted molar refractivity (Wildman–Crippen MR) is 180 cm³/mol. The standard InChI is InChI=1S/C34H41FN8O5/c1-22(47-3)31-28(42-15-13-41(14-16-42)17-18-46-2)10-12-30(40-31)39-27-21-38-43(32(27)33(36)44)25-8-5-23(6-9-25)20-37-34(45)26-19-24(35)7-11-29(26)48-4/h5-12,19,21-22H,13-18,20H2,1-4H3,(H2,36,44)(H,37,45)(H,39,40). The van der Waals surface area contributed by atoms with Crippen molar-refractivity contribution >= 4 is 29.0 Å². The Labute approximate surface area is 278 Å². The van der Waals surface area contributed by atoms with Crippen LogP contribution in [-0.4, -0.2) is 92.1 Å². The number of halogens is 1. The van der Waals surface area contributed by atoms with Gasteiger partial charge in [0.1, 0.15) is 17.4 Å². The molecule has 0 saturated carbocycles. The molecule has 4 aromatic rings. The van der Waals surface area contributed by atoms with Crippen molar-refractivity contribution in [3.63, 3.8) is 0 Å². The highest BCUT2D eigenvalue weighted by Crippen LogP contribution is 2.31. The number of nitrogens with two attached hydrogens (primary N) is 1. The summed E-state index contributed by atoms with van der Waals surface area (Å²) < 4.78 is 31.2. The van der Waals surface area contributed by atoms with Crippen molar-refractivity contribution < 1.29 is 28.2 Å². The summed E-state index contributed by atoms with van der Waals surface area (Å²) in [6.45, 7) is 7.29. The molecule has 1 aliphatic heterocycles. The van der Waals surface area contributed by atoms with Crippen molar-refractivity contribution in [1.82, 2.24) is 25.0 Å². The molecular weight excluding hydrogens is 619 g/mol. The molecule has 1 atom stereocenters. The summed E-state index contributed by atoms with van der Waals surface area (Å²) in [7, 11) is 4.78. The largest absolute Gasteiger partial charge is 0.496 e. The van der Waals surface area contributed by atoms with Gasteiger partial charge in [-0.2, -0.15) is 5.10 Å². The molecular formula is C34H41FN8O5. The number of carbonyl (C=O) groups is 2. The molecule has 4 N–H and O–H groups in total. The maximum Gasteiger partial charge on any atom is 0.269 e. The van der Waals surface area contributed by atoms with Gasteiger partial charge in [-0.15, -0.1) is 0 Å². The van der Waals surface area contributed by atoms with Gasteiger partial charge < -0.3 is 35.5 Å². The van der Waals surface area contributed by atoms with E-state index in [9.17, 15) is 14.0 Å². The van der Waals surface area contributed by atoms with E-state index in [0.717, 1.165) is 55.7 Å². The van der Waals surface area contributed by atoms with Crippen LogP contribution in [0.15, 0.2) is 60.8 Å². The van der Waals surface area contributed by atoms with Crippen LogP contribution in [-0.2, 0) is 16.0 Å². The third-order valence-corrected chi connectivity index (χ3v) is 8.27. The first kappa shape index (κ1) is 34.3. The molecule has 48 heavy (non-hydrogen) atoms. The fourth-order valence-electron chi connectivity index (χ4n) is 5.55. The van der Waals surface area contributed by atoms with E-state index in [0.29, 0.717) is 23.8 Å². The topological polar surface area (TPSA) is 149 Å². The van der Waals surface area contributed by atoms with E-state index >= 15 is 0 Å². The average Bonchev–Trinajstić information content (AvgIpc) is 3.53. The molecule has 0 radical (unpaired) electrons. The van der Waals surface area contributed by atoms with Crippen LogP contribution in [0.5, 0.6) is 5.75 Å². The highest BCUT2D eigenvalue weighted by Gasteiger charge is 2.24. The van der Waals surface area contributed by atoms with Crippen molar-refractivity contribution in [2.45, 2.75) is 19.6 Å². The molecule has 13 nitrogen and oxygen atoms in total. The van der Waals surface area contributed by atoms with Crippen molar-refractivity contribution in [2.24, 2.45) is 5.73 Å². The number of carbonyl (C=O) groups excluding carboxylic acids is 2. The zero-order valence-electron chi connectivity index (χ0n) is 27.5. The summed E-state index contributed by atoms with van der Waals surface area (Å²) in [5, 5.41) is 10.4. The third kappa shape index (κ3) is 7.90. The number of hydrogen-bond donors (Lipinski definition) is 3. The second kappa shape index (κ2) is 15.7. The van der Waals surface area contributed by atoms with E-state index in [1.807, 2.05) is 19.1 Å². The number of methoxy groups -OCH3 is 3. The van der Waals surface area contributed by atoms with Crippen LogP contribution in [0.25, 0.3) is 5.69 Å². The summed E-state index contributed by atoms with van der Waals surface area (Å²) in [5.41, 5.74) is 9.60. The van der Waals surface area contributed by atoms with Crippen LogP contribution in [0.1, 0.15) is 45.1 Å². The average molecular weight is 661 g/mol. The molecule has 2 aromatic carbocycles. The normalized spacial score (nSPS) is 14.1. The number of piperazine rings is 1. The lowest BCUT2D eigenvalue weighted by Crippen LogP contribution is -2.47. The second-order valence-corrected chi connectivity index (χ2v) is 11.3. The minimum Gasteiger partial charge on any atom is -0.496 e. The lowest BCUT2D eigenvalue weighted by Gasteiger charge is -2.37. The number of amides is 2. The number of ether oxygens (including phenoxy) is 3. The van der Waals surface area contributed by atoms with E-state index in [1.54, 1.807) is 38.5 Å². The van der Waals surface area contributed by atoms with Gasteiger partial charge >= 0.3 is 0 Å². The Balaban J connectivity index is 1.30. The predicted octanol–water partition coefficient (Wildman–Crippen LogP) is 3.66. The van der Waals surface area contributed by atoms with E-state index in [1.165, 1.54) is 30.1 Å². The fourth-order valence-corrected chi connectivity index (χ4v) is 5.55. The highest BCUT2D eigenvalue weighted by molar-refractivity contribution is 5.98. The smallest absolute Gasteiger partial charge is 0.269 e. The number of anilines is 3. The first-order chi connectivity index (χ1) is 23.2. The monoisotopic (exact) mass is 660 g/mol. The van der Waals surface area contributed by atoms with Crippen LogP contribution in [0.2, 0.25) is 0 Å². The molecule has 5 rings (SSSR count). The Hall–Kier alpha value is -5.05. The Bertz CT molecular complexity index is 1720. The van der Waals surface area contributed by atoms with Crippen molar-refractivity contribution in [1.29, 1.82) is 0 Å². The van der Waals surface area contributed by atoms with Crippen LogP contribution in [0, 0.1) is 5.82 Å². The van der Waals surface area contributed by atoms with E-state index in [-0.39, 0.29) is 29.7 Å². The van der Waals surface area contributed by atoms with E-state index < -0.39 is 17.6 Å². The molecule has 2 aromatic heterocycles. The van der Waals surface area contributed by atoms with Gasteiger partial charge in [0.15, 0.2) is 5.69 Å². The summed E-state index contributed by atoms with van der Waals surface area (Å²) >= 11 is 0. The Kier molecular flexibility index (Phi) is 11.2. The van der Waals surface area contributed by atoms with Crippen molar-refractivity contribution in [2.75, 3.05) is 70.9 Å². The van der Waals surface area contributed by atoms with Gasteiger partial charge in [0.25, 0.3) is 11.8 Å². The Morgan fingerprint density at radius 2 is 1.77 bits per heavy atom. The molecule has 0 bridgehead atoms. The second-order valence-electron chi connectivity index (χ2n) is 11.3. The lowest BCUT2D eigenvalue weighted by atomic mass is 10.1. The van der Waals surface area contributed by atoms with Crippen molar-refractivity contribution in [3.05, 3.63) is 89.1 Å². The fraction of sp³-hybridized carbons (Fsp3) is 0.353. The third-order valence-electron chi connectivity index (χ3n) is 8.27. The number of rotatable bonds is 14. The van der Waals surface area contributed by atoms with Gasteiger partial charge in [0.05, 0.1) is 54.3 Å². The maximum atomic E-state index is 13.7. The summed E-state index contributed by atoms with van der Waals surface area (Å²) in [6.07, 6.45) is 1.25. The lowest BCUT2D eigenvalue weighted by molar-refractivity contribution is 0.0946. The molecule has 14 heteroatoms. The SMILES string of the molecule is COCCN1CCN(c2ccc(Nc3cnn(-c4ccc(CNC(=O)c5cc(F)ccc5OC)cc4)c3C(N)=O)nc2C(C)OC)CC1. The summed E-state index contributed by atoms with van der Waals surface area (Å²) in [4.78, 5) is 34.9. The number of pyridine rings is 1. The molecule has 1 aliphatic rings. The highest BCUT2D eigenvalue weighted by atomic mass is 19.1. The van der Waals surface area contributed by atoms with Gasteiger partial charge in [-0.25, -0.2) is 14.1 Å². The number of benzene rings is 2. The Morgan fingerprint density at radius 3 is 2.44 bits per heavy atom. The number of nitrogens with one attached hydrogen (secondary N) is 2. The number of nitrogens with zero attached hydrogens (tertiary/aromatic N) is 5. The number of hydrogen-bond acceptors (Lipinski definition) is 10. The van der Waals surface area contributed by atoms with Gasteiger partial charge in [-0.3, -0.25) is 14.5 Å². The number of primary amides is 1. The van der Waals surface area contributed by atoms with Gasteiger partial charge in [-0.05, 0) is 55.0 Å². The van der Waals surface area contributed by atoms with Crippen LogP contribution >= 0.6 is 0 Å². The number of aromatic nitrogens is 3. The van der Waals surface area contributed by atoms with Gasteiger partial charge in [0.2, 0.25) is 0 Å². The van der Waals surface area contributed by atoms with E-state index in [2.05, 4.69) is 25.5 Å². The first-order valence-corrected chi connectivity index (χ1v) is 15.6. The van der Waals surface area contributed by atoms with Gasteiger partial charge in [0, 0.05) is 53.5 Å². The molecule has 1 saturated heterocycles. The minimum absolute atomic E-state index is 0.0984. The first-order valence-electron chi connectivity index (χ1n) is 15.6. The molecule has 0 aliphatic carbocycles. The van der Waals surface area contributed by atoms with Gasteiger partial charge in [-0.1, -0.05) is 12.1 Å².